The lowest BCUT2D eigenvalue weighted by Crippen LogP contribution is -2.10. The highest BCUT2D eigenvalue weighted by atomic mass is 35.5. The zero-order valence-corrected chi connectivity index (χ0v) is 20.6. The van der Waals surface area contributed by atoms with Crippen LogP contribution in [0.2, 0.25) is 4.34 Å². The number of carbonyl (C=O) groups is 1. The number of carbonyl (C=O) groups excluding carboxylic acids is 1. The van der Waals surface area contributed by atoms with Crippen molar-refractivity contribution in [2.45, 2.75) is 19.8 Å². The summed E-state index contributed by atoms with van der Waals surface area (Å²) < 4.78 is 0.716. The van der Waals surface area contributed by atoms with Crippen LogP contribution in [-0.2, 0) is 4.79 Å². The number of aromatic amines is 2. The van der Waals surface area contributed by atoms with Gasteiger partial charge in [0.25, 0.3) is 0 Å². The number of halogens is 1. The van der Waals surface area contributed by atoms with Crippen LogP contribution in [0.25, 0.3) is 55.4 Å². The number of hydrogen-bond donors (Lipinski definition) is 3. The molecule has 6 aromatic rings. The number of imidazole rings is 1. The molecule has 0 aromatic carbocycles. The maximum absolute atomic E-state index is 12.0. The van der Waals surface area contributed by atoms with Gasteiger partial charge in [0.2, 0.25) is 5.91 Å². The molecule has 6 rings (SSSR count). The summed E-state index contributed by atoms with van der Waals surface area (Å²) in [6.45, 7) is 1.96. The minimum absolute atomic E-state index is 0.0420. The highest BCUT2D eigenvalue weighted by molar-refractivity contribution is 7.19. The van der Waals surface area contributed by atoms with Gasteiger partial charge in [0.05, 0.1) is 32.9 Å². The Morgan fingerprint density at radius 1 is 1.14 bits per heavy atom. The second-order valence-corrected chi connectivity index (χ2v) is 9.89. The number of aromatic nitrogens is 7. The Morgan fingerprint density at radius 3 is 2.89 bits per heavy atom. The zero-order valence-electron chi connectivity index (χ0n) is 19.0. The highest BCUT2D eigenvalue weighted by Gasteiger charge is 2.18. The van der Waals surface area contributed by atoms with Gasteiger partial charge in [-0.3, -0.25) is 14.9 Å². The van der Waals surface area contributed by atoms with E-state index in [9.17, 15) is 4.79 Å². The molecule has 6 aromatic heterocycles. The first-order valence-corrected chi connectivity index (χ1v) is 12.5. The summed E-state index contributed by atoms with van der Waals surface area (Å²) in [5, 5.41) is 10.4. The maximum atomic E-state index is 12.0. The smallest absolute Gasteiger partial charge is 0.224 e. The Hall–Kier alpha value is -4.15. The van der Waals surface area contributed by atoms with Gasteiger partial charge < -0.3 is 10.3 Å². The molecule has 178 valence electrons. The fourth-order valence-electron chi connectivity index (χ4n) is 4.01. The van der Waals surface area contributed by atoms with Crippen LogP contribution in [0, 0.1) is 0 Å². The SMILES string of the molecule is CCCC(=O)Nc1cncc(-c2ccc3[nH]nc(-c4nc5nccc(-c6ccc(Cl)s6)c5[nH]4)c3n2)c1. The van der Waals surface area contributed by atoms with E-state index >= 15 is 0 Å². The quantitative estimate of drug-likeness (QED) is 0.247. The molecule has 0 unspecified atom stereocenters. The first kappa shape index (κ1) is 22.3. The van der Waals surface area contributed by atoms with Crippen molar-refractivity contribution in [2.24, 2.45) is 0 Å². The highest BCUT2D eigenvalue weighted by Crippen LogP contribution is 2.35. The third-order valence-corrected chi connectivity index (χ3v) is 6.92. The van der Waals surface area contributed by atoms with Gasteiger partial charge in [-0.25, -0.2) is 15.0 Å². The lowest BCUT2D eigenvalue weighted by molar-refractivity contribution is -0.116. The van der Waals surface area contributed by atoms with Crippen molar-refractivity contribution in [1.82, 2.24) is 35.1 Å². The number of fused-ring (bicyclic) bond motifs is 2. The summed E-state index contributed by atoms with van der Waals surface area (Å²) in [5.74, 6) is 0.516. The van der Waals surface area contributed by atoms with Crippen molar-refractivity contribution >= 4 is 56.7 Å². The lowest BCUT2D eigenvalue weighted by atomic mass is 10.1. The number of nitrogens with one attached hydrogen (secondary N) is 3. The van der Waals surface area contributed by atoms with E-state index in [-0.39, 0.29) is 5.91 Å². The normalized spacial score (nSPS) is 11.4. The molecule has 0 radical (unpaired) electrons. The minimum Gasteiger partial charge on any atom is -0.335 e. The molecular formula is C25H19ClN8OS. The molecule has 1 amide bonds. The van der Waals surface area contributed by atoms with Gasteiger partial charge in [-0.1, -0.05) is 18.5 Å². The second-order valence-electron chi connectivity index (χ2n) is 8.17. The number of hydrogen-bond acceptors (Lipinski definition) is 7. The van der Waals surface area contributed by atoms with Crippen molar-refractivity contribution in [1.29, 1.82) is 0 Å². The van der Waals surface area contributed by atoms with Crippen molar-refractivity contribution in [2.75, 3.05) is 5.32 Å². The average Bonchev–Trinajstić information content (AvgIpc) is 3.61. The minimum atomic E-state index is -0.0420. The number of nitrogens with zero attached hydrogens (tertiary/aromatic N) is 5. The van der Waals surface area contributed by atoms with E-state index in [1.165, 1.54) is 11.3 Å². The first-order chi connectivity index (χ1) is 17.6. The van der Waals surface area contributed by atoms with Crippen molar-refractivity contribution < 1.29 is 4.79 Å². The van der Waals surface area contributed by atoms with Crippen LogP contribution in [-0.4, -0.2) is 41.0 Å². The number of rotatable bonds is 6. The molecule has 3 N–H and O–H groups in total. The van der Waals surface area contributed by atoms with Gasteiger partial charge in [0.1, 0.15) is 5.52 Å². The summed E-state index contributed by atoms with van der Waals surface area (Å²) in [6, 6.07) is 11.4. The molecule has 0 atom stereocenters. The predicted molar refractivity (Wildman–Crippen MR) is 142 cm³/mol. The Labute approximate surface area is 214 Å². The van der Waals surface area contributed by atoms with E-state index in [1.807, 2.05) is 43.3 Å². The summed E-state index contributed by atoms with van der Waals surface area (Å²) in [5.41, 5.74) is 6.48. The summed E-state index contributed by atoms with van der Waals surface area (Å²) in [4.78, 5) is 34.6. The van der Waals surface area contributed by atoms with Crippen molar-refractivity contribution in [3.63, 3.8) is 0 Å². The van der Waals surface area contributed by atoms with Crippen LogP contribution in [0.1, 0.15) is 19.8 Å². The van der Waals surface area contributed by atoms with Gasteiger partial charge >= 0.3 is 0 Å². The molecular weight excluding hydrogens is 496 g/mol. The topological polar surface area (TPSA) is 125 Å². The van der Waals surface area contributed by atoms with Crippen LogP contribution >= 0.6 is 22.9 Å². The third-order valence-electron chi connectivity index (χ3n) is 5.66. The molecule has 0 saturated carbocycles. The molecule has 0 saturated heterocycles. The number of anilines is 1. The standard InChI is InChI=1S/C25H19ClN8OS/c1-2-3-20(35)29-14-10-13(11-27-12-14)16-4-5-17-22(30-16)23(34-33-17)25-31-21-15(8-9-28-24(21)32-25)18-6-7-19(26)36-18/h4-12H,2-3H2,1H3,(H,29,35)(H,33,34)(H,28,31,32). The number of thiophene rings is 1. The van der Waals surface area contributed by atoms with Crippen molar-refractivity contribution in [3.05, 3.63) is 59.3 Å². The lowest BCUT2D eigenvalue weighted by Gasteiger charge is -2.06. The molecule has 9 nitrogen and oxygen atoms in total. The Morgan fingerprint density at radius 2 is 2.06 bits per heavy atom. The summed E-state index contributed by atoms with van der Waals surface area (Å²) in [7, 11) is 0. The molecule has 0 spiro atoms. The molecule has 0 bridgehead atoms. The summed E-state index contributed by atoms with van der Waals surface area (Å²) >= 11 is 7.65. The third kappa shape index (κ3) is 4.10. The van der Waals surface area contributed by atoms with E-state index < -0.39 is 0 Å². The molecule has 0 fully saturated rings. The van der Waals surface area contributed by atoms with Crippen LogP contribution in [0.3, 0.4) is 0 Å². The molecule has 0 aliphatic heterocycles. The van der Waals surface area contributed by atoms with E-state index in [1.54, 1.807) is 18.6 Å². The number of H-pyrrole nitrogens is 2. The summed E-state index contributed by atoms with van der Waals surface area (Å²) in [6.07, 6.45) is 6.31. The van der Waals surface area contributed by atoms with Crippen LogP contribution < -0.4 is 5.32 Å². The molecule has 6 heterocycles. The fraction of sp³-hybridized carbons (Fsp3) is 0.120. The van der Waals surface area contributed by atoms with Gasteiger partial charge in [-0.05, 0) is 42.8 Å². The number of amides is 1. The zero-order chi connectivity index (χ0) is 24.6. The molecule has 11 heteroatoms. The van der Waals surface area contributed by atoms with Gasteiger partial charge in [0, 0.05) is 34.8 Å². The molecule has 0 aliphatic rings. The van der Waals surface area contributed by atoms with E-state index in [0.717, 1.165) is 33.5 Å². The fourth-order valence-corrected chi connectivity index (χ4v) is 5.09. The Bertz CT molecular complexity index is 1740. The maximum Gasteiger partial charge on any atom is 0.224 e. The van der Waals surface area contributed by atoms with Gasteiger partial charge in [-0.15, -0.1) is 11.3 Å². The van der Waals surface area contributed by atoms with E-state index in [4.69, 9.17) is 16.6 Å². The first-order valence-electron chi connectivity index (χ1n) is 11.3. The Balaban J connectivity index is 1.40. The second kappa shape index (κ2) is 9.14. The number of pyridine rings is 3. The van der Waals surface area contributed by atoms with E-state index in [2.05, 4.69) is 35.5 Å². The van der Waals surface area contributed by atoms with Gasteiger partial charge in [-0.2, -0.15) is 5.10 Å². The monoisotopic (exact) mass is 514 g/mol. The van der Waals surface area contributed by atoms with Crippen molar-refractivity contribution in [3.8, 4) is 33.2 Å². The van der Waals surface area contributed by atoms with Crippen LogP contribution in [0.5, 0.6) is 0 Å². The van der Waals surface area contributed by atoms with Gasteiger partial charge in [0.15, 0.2) is 17.2 Å². The van der Waals surface area contributed by atoms with Crippen LogP contribution in [0.15, 0.2) is 55.0 Å². The molecule has 0 aliphatic carbocycles. The van der Waals surface area contributed by atoms with Crippen LogP contribution in [0.4, 0.5) is 5.69 Å². The predicted octanol–water partition coefficient (Wildman–Crippen LogP) is 6.08. The largest absolute Gasteiger partial charge is 0.335 e. The molecule has 36 heavy (non-hydrogen) atoms. The van der Waals surface area contributed by atoms with E-state index in [0.29, 0.717) is 44.8 Å². The average molecular weight is 515 g/mol. The Kier molecular flexibility index (Phi) is 5.67.